The van der Waals surface area contributed by atoms with E-state index in [4.69, 9.17) is 4.74 Å². The number of urea groups is 1. The summed E-state index contributed by atoms with van der Waals surface area (Å²) in [5.74, 6) is 0.416. The van der Waals surface area contributed by atoms with Crippen LogP contribution in [0.1, 0.15) is 40.4 Å². The van der Waals surface area contributed by atoms with E-state index in [9.17, 15) is 14.7 Å². The molecule has 7 nitrogen and oxygen atoms in total. The van der Waals surface area contributed by atoms with Crippen LogP contribution in [0.25, 0.3) is 0 Å². The van der Waals surface area contributed by atoms with Crippen molar-refractivity contribution in [2.24, 2.45) is 0 Å². The molecule has 3 N–H and O–H groups in total. The number of rotatable bonds is 4. The normalized spacial score (nSPS) is 20.3. The van der Waals surface area contributed by atoms with Crippen molar-refractivity contribution in [1.29, 1.82) is 0 Å². The Morgan fingerprint density at radius 3 is 2.66 bits per heavy atom. The van der Waals surface area contributed by atoms with E-state index in [2.05, 4.69) is 10.6 Å². The first-order valence-electron chi connectivity index (χ1n) is 9.87. The molecule has 0 saturated carbocycles. The molecule has 1 fully saturated rings. The van der Waals surface area contributed by atoms with Crippen molar-refractivity contribution in [3.63, 3.8) is 0 Å². The number of likely N-dealkylation sites (tertiary alicyclic amines) is 1. The molecule has 7 heteroatoms. The molecule has 1 heterocycles. The van der Waals surface area contributed by atoms with Gasteiger partial charge in [0.1, 0.15) is 5.75 Å². The summed E-state index contributed by atoms with van der Waals surface area (Å²) in [6, 6.07) is 11.8. The predicted molar refractivity (Wildman–Crippen MR) is 109 cm³/mol. The Labute approximate surface area is 169 Å². The number of ether oxygens (including phenoxy) is 1. The van der Waals surface area contributed by atoms with Crippen LogP contribution in [0, 0.1) is 0 Å². The second-order valence-electron chi connectivity index (χ2n) is 7.46. The minimum absolute atomic E-state index is 0.0475. The van der Waals surface area contributed by atoms with Crippen LogP contribution in [0.4, 0.5) is 10.5 Å². The Kier molecular flexibility index (Phi) is 5.40. The zero-order valence-electron chi connectivity index (χ0n) is 16.4. The molecule has 1 aliphatic carbocycles. The lowest BCUT2D eigenvalue weighted by Crippen LogP contribution is -2.37. The van der Waals surface area contributed by atoms with E-state index in [1.54, 1.807) is 18.2 Å². The van der Waals surface area contributed by atoms with Crippen LogP contribution in [-0.2, 0) is 6.42 Å². The molecule has 29 heavy (non-hydrogen) atoms. The molecular formula is C22H25N3O4. The average molecular weight is 395 g/mol. The van der Waals surface area contributed by atoms with Gasteiger partial charge in [0.25, 0.3) is 5.91 Å². The monoisotopic (exact) mass is 395 g/mol. The van der Waals surface area contributed by atoms with E-state index in [0.29, 0.717) is 23.4 Å². The number of fused-ring (bicyclic) bond motifs is 1. The maximum absolute atomic E-state index is 12.7. The Morgan fingerprint density at radius 2 is 1.90 bits per heavy atom. The van der Waals surface area contributed by atoms with Crippen LogP contribution in [0.5, 0.6) is 5.75 Å². The van der Waals surface area contributed by atoms with E-state index < -0.39 is 18.2 Å². The summed E-state index contributed by atoms with van der Waals surface area (Å²) in [6.07, 6.45) is 1.86. The molecule has 2 aromatic carbocycles. The van der Waals surface area contributed by atoms with Gasteiger partial charge in [-0.3, -0.25) is 4.79 Å². The molecule has 2 aromatic rings. The molecule has 1 saturated heterocycles. The number of hydrogen-bond donors (Lipinski definition) is 3. The minimum atomic E-state index is -0.678. The predicted octanol–water partition coefficient (Wildman–Crippen LogP) is 2.71. The highest BCUT2D eigenvalue weighted by atomic mass is 16.5. The molecule has 2 aliphatic rings. The molecule has 3 amide bonds. The second kappa shape index (κ2) is 8.13. The van der Waals surface area contributed by atoms with Gasteiger partial charge in [0, 0.05) is 25.1 Å². The van der Waals surface area contributed by atoms with Gasteiger partial charge in [-0.2, -0.15) is 0 Å². The number of benzene rings is 2. The Bertz CT molecular complexity index is 924. The molecule has 2 atom stereocenters. The third-order valence-corrected chi connectivity index (χ3v) is 5.58. The van der Waals surface area contributed by atoms with Crippen LogP contribution in [0.3, 0.4) is 0 Å². The van der Waals surface area contributed by atoms with Gasteiger partial charge in [0.15, 0.2) is 0 Å². The van der Waals surface area contributed by atoms with Crippen LogP contribution >= 0.6 is 0 Å². The number of aliphatic hydroxyl groups is 1. The van der Waals surface area contributed by atoms with Crippen molar-refractivity contribution in [2.75, 3.05) is 25.5 Å². The molecular weight excluding hydrogens is 370 g/mol. The van der Waals surface area contributed by atoms with Crippen molar-refractivity contribution in [3.05, 3.63) is 59.2 Å². The summed E-state index contributed by atoms with van der Waals surface area (Å²) in [5.41, 5.74) is 2.87. The number of aliphatic hydroxyl groups excluding tert-OH is 1. The van der Waals surface area contributed by atoms with Gasteiger partial charge in [-0.15, -0.1) is 0 Å². The molecule has 0 spiro atoms. The van der Waals surface area contributed by atoms with Crippen molar-refractivity contribution in [3.8, 4) is 5.75 Å². The number of anilines is 1. The smallest absolute Gasteiger partial charge is 0.319 e. The first-order chi connectivity index (χ1) is 14.1. The number of carbonyl (C=O) groups excluding carboxylic acids is 2. The number of carbonyl (C=O) groups is 2. The molecule has 0 bridgehead atoms. The summed E-state index contributed by atoms with van der Waals surface area (Å²) in [5, 5.41) is 16.0. The van der Waals surface area contributed by atoms with Gasteiger partial charge >= 0.3 is 6.03 Å². The number of amides is 3. The van der Waals surface area contributed by atoms with Gasteiger partial charge in [0.2, 0.25) is 0 Å². The first kappa shape index (κ1) is 19.3. The van der Waals surface area contributed by atoms with Crippen LogP contribution in [0.15, 0.2) is 42.5 Å². The van der Waals surface area contributed by atoms with E-state index in [0.717, 1.165) is 37.1 Å². The fraction of sp³-hybridized carbons (Fsp3) is 0.364. The van der Waals surface area contributed by atoms with Gasteiger partial charge in [-0.1, -0.05) is 24.3 Å². The highest BCUT2D eigenvalue weighted by Gasteiger charge is 2.32. The highest BCUT2D eigenvalue weighted by molar-refractivity contribution is 5.98. The Balaban J connectivity index is 1.50. The lowest BCUT2D eigenvalue weighted by molar-refractivity contribution is 0.0793. The van der Waals surface area contributed by atoms with Gasteiger partial charge in [-0.25, -0.2) is 4.79 Å². The number of methoxy groups -OCH3 is 1. The fourth-order valence-electron chi connectivity index (χ4n) is 4.09. The largest absolute Gasteiger partial charge is 0.495 e. The lowest BCUT2D eigenvalue weighted by Gasteiger charge is -2.20. The van der Waals surface area contributed by atoms with Crippen LogP contribution in [0.2, 0.25) is 0 Å². The quantitative estimate of drug-likeness (QED) is 0.742. The standard InChI is InChI=1S/C22H25N3O4/c1-29-19-9-8-15(21(27)25-10-4-5-11-25)12-17(19)23-22(28)24-20-16-7-3-2-6-14(16)13-18(20)26/h2-3,6-9,12,18,20,26H,4-5,10-11,13H2,1H3,(H2,23,24,28)/t18-,20+/m1/s1. The summed E-state index contributed by atoms with van der Waals surface area (Å²) in [7, 11) is 1.51. The first-order valence-corrected chi connectivity index (χ1v) is 9.87. The highest BCUT2D eigenvalue weighted by Crippen LogP contribution is 2.32. The van der Waals surface area contributed by atoms with Gasteiger partial charge < -0.3 is 25.4 Å². The number of nitrogens with one attached hydrogen (secondary N) is 2. The van der Waals surface area contributed by atoms with E-state index in [1.165, 1.54) is 7.11 Å². The number of nitrogens with zero attached hydrogens (tertiary/aromatic N) is 1. The zero-order valence-corrected chi connectivity index (χ0v) is 16.4. The third-order valence-electron chi connectivity index (χ3n) is 5.58. The Morgan fingerprint density at radius 1 is 1.14 bits per heavy atom. The molecule has 0 radical (unpaired) electrons. The van der Waals surface area contributed by atoms with E-state index in [-0.39, 0.29) is 5.91 Å². The minimum Gasteiger partial charge on any atom is -0.495 e. The number of hydrogen-bond acceptors (Lipinski definition) is 4. The third kappa shape index (κ3) is 3.91. The summed E-state index contributed by atoms with van der Waals surface area (Å²) < 4.78 is 5.34. The fourth-order valence-corrected chi connectivity index (χ4v) is 4.09. The van der Waals surface area contributed by atoms with Crippen molar-refractivity contribution in [2.45, 2.75) is 31.4 Å². The Hall–Kier alpha value is -3.06. The summed E-state index contributed by atoms with van der Waals surface area (Å²) in [4.78, 5) is 27.1. The van der Waals surface area contributed by atoms with Crippen molar-refractivity contribution in [1.82, 2.24) is 10.2 Å². The van der Waals surface area contributed by atoms with E-state index in [1.807, 2.05) is 29.2 Å². The van der Waals surface area contributed by atoms with Crippen LogP contribution < -0.4 is 15.4 Å². The maximum atomic E-state index is 12.7. The summed E-state index contributed by atoms with van der Waals surface area (Å²) in [6.45, 7) is 1.51. The summed E-state index contributed by atoms with van der Waals surface area (Å²) >= 11 is 0. The molecule has 0 unspecified atom stereocenters. The molecule has 0 aromatic heterocycles. The van der Waals surface area contributed by atoms with Gasteiger partial charge in [-0.05, 0) is 42.2 Å². The lowest BCUT2D eigenvalue weighted by atomic mass is 10.1. The molecule has 1 aliphatic heterocycles. The average Bonchev–Trinajstić information content (AvgIpc) is 3.36. The SMILES string of the molecule is COc1ccc(C(=O)N2CCCC2)cc1NC(=O)N[C@H]1c2ccccc2C[C@H]1O. The van der Waals surface area contributed by atoms with Gasteiger partial charge in [0.05, 0.1) is 24.9 Å². The van der Waals surface area contributed by atoms with Crippen molar-refractivity contribution < 1.29 is 19.4 Å². The zero-order chi connectivity index (χ0) is 20.4. The topological polar surface area (TPSA) is 90.9 Å². The van der Waals surface area contributed by atoms with E-state index >= 15 is 0 Å². The van der Waals surface area contributed by atoms with Crippen molar-refractivity contribution >= 4 is 17.6 Å². The molecule has 152 valence electrons. The second-order valence-corrected chi connectivity index (χ2v) is 7.46. The maximum Gasteiger partial charge on any atom is 0.319 e. The van der Waals surface area contributed by atoms with Crippen LogP contribution in [-0.4, -0.2) is 48.2 Å². The molecule has 4 rings (SSSR count).